The Morgan fingerprint density at radius 1 is 1.18 bits per heavy atom. The highest BCUT2D eigenvalue weighted by Gasteiger charge is 2.53. The van der Waals surface area contributed by atoms with Gasteiger partial charge in [0.1, 0.15) is 30.9 Å². The number of ether oxygens (including phenoxy) is 2. The molecule has 5 rings (SSSR count). The van der Waals surface area contributed by atoms with Crippen molar-refractivity contribution >= 4 is 34.1 Å². The van der Waals surface area contributed by atoms with Gasteiger partial charge in [0.2, 0.25) is 5.91 Å². The first-order valence-corrected chi connectivity index (χ1v) is 14.7. The number of Topliss-reactive ketones (excluding diaryl/α,β-unsaturated/α-hetero) is 1. The van der Waals surface area contributed by atoms with E-state index in [1.54, 1.807) is 30.6 Å². The van der Waals surface area contributed by atoms with Gasteiger partial charge in [-0.25, -0.2) is 4.98 Å². The minimum absolute atomic E-state index is 0.0303. The second-order valence-corrected chi connectivity index (χ2v) is 13.0. The summed E-state index contributed by atoms with van der Waals surface area (Å²) in [6.07, 6.45) is -0.423. The van der Waals surface area contributed by atoms with Crippen molar-refractivity contribution in [3.05, 3.63) is 35.2 Å². The number of thiazole rings is 1. The van der Waals surface area contributed by atoms with E-state index < -0.39 is 18.2 Å². The van der Waals surface area contributed by atoms with Crippen LogP contribution in [0.2, 0.25) is 0 Å². The largest absolute Gasteiger partial charge is 0.377 e. The van der Waals surface area contributed by atoms with E-state index in [4.69, 9.17) is 14.5 Å². The first-order chi connectivity index (χ1) is 19.0. The Balaban J connectivity index is 1.28. The maximum absolute atomic E-state index is 13.8. The summed E-state index contributed by atoms with van der Waals surface area (Å²) in [5.74, 6) is -0.752. The van der Waals surface area contributed by atoms with Gasteiger partial charge in [0, 0.05) is 49.8 Å². The maximum atomic E-state index is 13.8. The molecule has 1 N–H and O–H groups in total. The van der Waals surface area contributed by atoms with Crippen LogP contribution < -0.4 is 10.2 Å². The molecule has 11 heteroatoms. The van der Waals surface area contributed by atoms with E-state index >= 15 is 0 Å². The lowest BCUT2D eigenvalue weighted by molar-refractivity contribution is -0.138. The highest BCUT2D eigenvalue weighted by Crippen LogP contribution is 2.32. The number of aromatic nitrogens is 1. The number of likely N-dealkylation sites (N-methyl/N-ethyl adjacent to an activating group) is 1. The molecule has 3 aliphatic heterocycles. The number of nitrogens with one attached hydrogen (secondary N) is 1. The third-order valence-corrected chi connectivity index (χ3v) is 8.75. The van der Waals surface area contributed by atoms with E-state index in [0.717, 1.165) is 42.6 Å². The molecular weight excluding hydrogens is 530 g/mol. The fraction of sp³-hybridized carbons (Fsp3) is 0.586. The first-order valence-electron chi connectivity index (χ1n) is 13.8. The lowest BCUT2D eigenvalue weighted by atomic mass is 9.87. The van der Waals surface area contributed by atoms with Crippen LogP contribution in [0.4, 0.5) is 5.13 Å². The lowest BCUT2D eigenvalue weighted by Crippen LogP contribution is -2.53. The average molecular weight is 570 g/mol. The molecule has 0 bridgehead atoms. The second-order valence-electron chi connectivity index (χ2n) is 12.1. The number of hydrogen-bond acceptors (Lipinski definition) is 9. The van der Waals surface area contributed by atoms with E-state index in [1.165, 1.54) is 4.90 Å². The number of benzene rings is 1. The minimum atomic E-state index is -0.790. The predicted molar refractivity (Wildman–Crippen MR) is 154 cm³/mol. The van der Waals surface area contributed by atoms with E-state index in [9.17, 15) is 14.4 Å². The molecule has 10 nitrogen and oxygen atoms in total. The van der Waals surface area contributed by atoms with Crippen LogP contribution in [0.5, 0.6) is 0 Å². The zero-order valence-corrected chi connectivity index (χ0v) is 24.7. The Labute approximate surface area is 239 Å². The molecule has 0 radical (unpaired) electrons. The van der Waals surface area contributed by atoms with Gasteiger partial charge in [-0.15, -0.1) is 11.3 Å². The summed E-state index contributed by atoms with van der Waals surface area (Å²) >= 11 is 1.63. The molecule has 40 heavy (non-hydrogen) atoms. The van der Waals surface area contributed by atoms with E-state index in [-0.39, 0.29) is 42.3 Å². The van der Waals surface area contributed by atoms with Crippen LogP contribution in [0.15, 0.2) is 29.6 Å². The van der Waals surface area contributed by atoms with Gasteiger partial charge in [0.05, 0.1) is 12.2 Å². The van der Waals surface area contributed by atoms with Crippen molar-refractivity contribution in [2.45, 2.75) is 51.5 Å². The number of nitrogens with zero attached hydrogens (tertiary/aromatic N) is 4. The highest BCUT2D eigenvalue weighted by molar-refractivity contribution is 7.14. The van der Waals surface area contributed by atoms with E-state index in [0.29, 0.717) is 12.0 Å². The summed E-state index contributed by atoms with van der Waals surface area (Å²) in [6, 6.07) is 5.84. The molecule has 4 atom stereocenters. The van der Waals surface area contributed by atoms with Crippen molar-refractivity contribution in [2.24, 2.45) is 5.41 Å². The maximum Gasteiger partial charge on any atom is 0.251 e. The Morgan fingerprint density at radius 3 is 2.52 bits per heavy atom. The fourth-order valence-electron chi connectivity index (χ4n) is 5.63. The quantitative estimate of drug-likeness (QED) is 0.542. The normalized spacial score (nSPS) is 24.3. The number of rotatable bonds is 7. The number of piperazine rings is 1. The van der Waals surface area contributed by atoms with Crippen LogP contribution in [-0.4, -0.2) is 110 Å². The molecule has 0 spiro atoms. The van der Waals surface area contributed by atoms with Crippen LogP contribution in [0.1, 0.15) is 37.6 Å². The number of ketones is 1. The van der Waals surface area contributed by atoms with Crippen molar-refractivity contribution in [2.75, 3.05) is 58.4 Å². The number of fused-ring (bicyclic) bond motifs is 1. The summed E-state index contributed by atoms with van der Waals surface area (Å²) < 4.78 is 11.1. The number of anilines is 1. The smallest absolute Gasteiger partial charge is 0.251 e. The molecule has 0 saturated carbocycles. The Morgan fingerprint density at radius 2 is 1.88 bits per heavy atom. The van der Waals surface area contributed by atoms with Crippen LogP contribution >= 0.6 is 11.3 Å². The summed E-state index contributed by atoms with van der Waals surface area (Å²) in [5, 5.41) is 6.02. The summed E-state index contributed by atoms with van der Waals surface area (Å²) in [6.45, 7) is 10.3. The third kappa shape index (κ3) is 6.07. The van der Waals surface area contributed by atoms with Gasteiger partial charge >= 0.3 is 0 Å². The molecule has 1 aromatic carbocycles. The predicted octanol–water partition coefficient (Wildman–Crippen LogP) is 2.29. The molecule has 2 amide bonds. The lowest BCUT2D eigenvalue weighted by Gasteiger charge is -2.32. The number of hydrogen-bond donors (Lipinski definition) is 1. The number of carbonyl (C=O) groups excluding carboxylic acids is 3. The standard InChI is InChI=1S/C29H39N5O5S/c1-29(2,3)14-20(27(37)34-15-23(38-5)25-24(34)22(35)16-39-25)30-26(36)19-8-6-18(7-9-19)21-17-40-28(31-21)33-12-10-32(4)11-13-33/h6-9,17,20,23-25H,10-16H2,1-5H3,(H,30,36)/t20?,23-,24+,25+/m0/s1. The Bertz CT molecular complexity index is 1230. The van der Waals surface area contributed by atoms with Crippen molar-refractivity contribution in [3.8, 4) is 11.3 Å². The van der Waals surface area contributed by atoms with Crippen LogP contribution in [0.3, 0.4) is 0 Å². The summed E-state index contributed by atoms with van der Waals surface area (Å²) in [7, 11) is 3.69. The summed E-state index contributed by atoms with van der Waals surface area (Å²) in [4.78, 5) is 50.7. The van der Waals surface area contributed by atoms with Crippen molar-refractivity contribution in [1.82, 2.24) is 20.1 Å². The van der Waals surface area contributed by atoms with Gasteiger partial charge < -0.3 is 29.5 Å². The number of methoxy groups -OCH3 is 1. The van der Waals surface area contributed by atoms with Gasteiger partial charge in [-0.3, -0.25) is 14.4 Å². The fourth-order valence-corrected chi connectivity index (χ4v) is 6.52. The molecule has 3 saturated heterocycles. The topological polar surface area (TPSA) is 104 Å². The molecule has 1 unspecified atom stereocenters. The van der Waals surface area contributed by atoms with Crippen LogP contribution in [-0.2, 0) is 19.1 Å². The second kappa shape index (κ2) is 11.6. The van der Waals surface area contributed by atoms with E-state index in [2.05, 4.69) is 22.2 Å². The first kappa shape index (κ1) is 28.7. The Kier molecular flexibility index (Phi) is 8.28. The number of likely N-dealkylation sites (tertiary alicyclic amines) is 1. The van der Waals surface area contributed by atoms with Gasteiger partial charge in [-0.2, -0.15) is 0 Å². The van der Waals surface area contributed by atoms with Crippen molar-refractivity contribution < 1.29 is 23.9 Å². The van der Waals surface area contributed by atoms with Crippen LogP contribution in [0, 0.1) is 5.41 Å². The Hall–Kier alpha value is -2.86. The van der Waals surface area contributed by atoms with E-state index in [1.807, 2.05) is 38.3 Å². The van der Waals surface area contributed by atoms with Gasteiger partial charge in [0.25, 0.3) is 5.91 Å². The molecule has 216 valence electrons. The zero-order valence-electron chi connectivity index (χ0n) is 23.9. The third-order valence-electron chi connectivity index (χ3n) is 7.85. The molecular formula is C29H39N5O5S. The zero-order chi connectivity index (χ0) is 28.6. The van der Waals surface area contributed by atoms with Gasteiger partial charge in [0.15, 0.2) is 10.9 Å². The molecule has 0 aliphatic carbocycles. The summed E-state index contributed by atoms with van der Waals surface area (Å²) in [5.41, 5.74) is 2.04. The molecule has 4 heterocycles. The number of amides is 2. The monoisotopic (exact) mass is 569 g/mol. The highest BCUT2D eigenvalue weighted by atomic mass is 32.1. The van der Waals surface area contributed by atoms with Gasteiger partial charge in [-0.05, 0) is 31.0 Å². The average Bonchev–Trinajstić information content (AvgIpc) is 3.65. The minimum Gasteiger partial charge on any atom is -0.377 e. The molecule has 3 fully saturated rings. The van der Waals surface area contributed by atoms with Crippen molar-refractivity contribution in [1.29, 1.82) is 0 Å². The molecule has 2 aromatic rings. The van der Waals surface area contributed by atoms with Crippen molar-refractivity contribution in [3.63, 3.8) is 0 Å². The molecule has 3 aliphatic rings. The van der Waals surface area contributed by atoms with Crippen LogP contribution in [0.25, 0.3) is 11.3 Å². The number of carbonyl (C=O) groups is 3. The SMILES string of the molecule is CO[C@H]1CN(C(=O)C(CC(C)(C)C)NC(=O)c2ccc(-c3csc(N4CCN(C)CC4)n3)cc2)[C@@H]2C(=O)CO[C@H]12. The molecule has 1 aromatic heterocycles. The van der Waals surface area contributed by atoms with Gasteiger partial charge in [-0.1, -0.05) is 32.9 Å².